The molecule has 0 aliphatic rings. The van der Waals surface area contributed by atoms with Crippen LogP contribution < -0.4 is 4.72 Å². The lowest BCUT2D eigenvalue weighted by atomic mass is 10.0. The SMILES string of the molecule is O=S(=O)(Nc1ncc(-c2ccncc2-c2ccccc2Cl)s1)c1ccccc1. The first kappa shape index (κ1) is 18.6. The fourth-order valence-corrected chi connectivity index (χ4v) is 5.08. The number of rotatable bonds is 5. The number of nitrogens with zero attached hydrogens (tertiary/aromatic N) is 2. The van der Waals surface area contributed by atoms with Gasteiger partial charge in [-0.05, 0) is 24.3 Å². The Kier molecular flexibility index (Phi) is 5.13. The van der Waals surface area contributed by atoms with Gasteiger partial charge in [0.15, 0.2) is 5.13 Å². The number of halogens is 1. The smallest absolute Gasteiger partial charge is 0.263 e. The summed E-state index contributed by atoms with van der Waals surface area (Å²) in [6.07, 6.45) is 5.07. The van der Waals surface area contributed by atoms with Crippen molar-refractivity contribution in [3.8, 4) is 21.6 Å². The van der Waals surface area contributed by atoms with Crippen molar-refractivity contribution in [1.29, 1.82) is 0 Å². The summed E-state index contributed by atoms with van der Waals surface area (Å²) in [5.41, 5.74) is 2.59. The number of hydrogen-bond acceptors (Lipinski definition) is 5. The summed E-state index contributed by atoms with van der Waals surface area (Å²) in [7, 11) is -3.69. The molecule has 1 N–H and O–H groups in total. The Morgan fingerprint density at radius 1 is 0.857 bits per heavy atom. The van der Waals surface area contributed by atoms with Gasteiger partial charge in [0.25, 0.3) is 10.0 Å². The summed E-state index contributed by atoms with van der Waals surface area (Å²) in [5, 5.41) is 0.909. The predicted molar refractivity (Wildman–Crippen MR) is 113 cm³/mol. The van der Waals surface area contributed by atoms with Crippen LogP contribution in [-0.4, -0.2) is 18.4 Å². The molecule has 0 aliphatic heterocycles. The number of aromatic nitrogens is 2. The number of benzene rings is 2. The number of nitrogens with one attached hydrogen (secondary N) is 1. The van der Waals surface area contributed by atoms with Crippen molar-refractivity contribution in [2.45, 2.75) is 4.90 Å². The first-order valence-electron chi connectivity index (χ1n) is 8.27. The maximum absolute atomic E-state index is 12.5. The van der Waals surface area contributed by atoms with Gasteiger partial charge in [-0.25, -0.2) is 13.4 Å². The van der Waals surface area contributed by atoms with Crippen LogP contribution in [-0.2, 0) is 10.0 Å². The van der Waals surface area contributed by atoms with E-state index in [1.54, 1.807) is 36.8 Å². The van der Waals surface area contributed by atoms with Crippen LogP contribution in [0.5, 0.6) is 0 Å². The van der Waals surface area contributed by atoms with E-state index in [4.69, 9.17) is 11.6 Å². The molecule has 140 valence electrons. The van der Waals surface area contributed by atoms with Gasteiger partial charge in [-0.3, -0.25) is 9.71 Å². The number of pyridine rings is 1. The van der Waals surface area contributed by atoms with Gasteiger partial charge in [0.1, 0.15) is 0 Å². The van der Waals surface area contributed by atoms with Crippen molar-refractivity contribution >= 4 is 38.1 Å². The van der Waals surface area contributed by atoms with Gasteiger partial charge in [0.2, 0.25) is 0 Å². The molecule has 4 rings (SSSR count). The Balaban J connectivity index is 1.69. The Bertz CT molecular complexity index is 1220. The van der Waals surface area contributed by atoms with Crippen molar-refractivity contribution in [3.63, 3.8) is 0 Å². The maximum atomic E-state index is 12.5. The van der Waals surface area contributed by atoms with Gasteiger partial charge in [-0.15, -0.1) is 0 Å². The number of sulfonamides is 1. The maximum Gasteiger partial charge on any atom is 0.263 e. The monoisotopic (exact) mass is 427 g/mol. The Morgan fingerprint density at radius 2 is 1.61 bits per heavy atom. The van der Waals surface area contributed by atoms with E-state index in [9.17, 15) is 8.42 Å². The average molecular weight is 428 g/mol. The second kappa shape index (κ2) is 7.71. The largest absolute Gasteiger partial charge is 0.264 e. The third-order valence-corrected chi connectivity index (χ3v) is 6.79. The summed E-state index contributed by atoms with van der Waals surface area (Å²) in [6, 6.07) is 17.6. The Morgan fingerprint density at radius 3 is 2.39 bits per heavy atom. The minimum absolute atomic E-state index is 0.187. The highest BCUT2D eigenvalue weighted by Gasteiger charge is 2.17. The molecule has 8 heteroatoms. The standard InChI is InChI=1S/C20H14ClN3O2S2/c21-18-9-5-4-8-15(18)17-12-22-11-10-16(17)19-13-23-20(27-19)24-28(25,26)14-6-2-1-3-7-14/h1-13H,(H,23,24). The molecule has 0 unspecified atom stereocenters. The number of thiazole rings is 1. The van der Waals surface area contributed by atoms with E-state index in [-0.39, 0.29) is 4.90 Å². The summed E-state index contributed by atoms with van der Waals surface area (Å²) >= 11 is 7.60. The third-order valence-electron chi connectivity index (χ3n) is 4.03. The quantitative estimate of drug-likeness (QED) is 0.467. The van der Waals surface area contributed by atoms with Crippen molar-refractivity contribution in [1.82, 2.24) is 9.97 Å². The molecule has 0 saturated carbocycles. The highest BCUT2D eigenvalue weighted by Crippen LogP contribution is 2.38. The van der Waals surface area contributed by atoms with Crippen LogP contribution in [0.25, 0.3) is 21.6 Å². The summed E-state index contributed by atoms with van der Waals surface area (Å²) < 4.78 is 27.6. The second-order valence-electron chi connectivity index (χ2n) is 5.85. The molecule has 0 aliphatic carbocycles. The molecule has 0 atom stereocenters. The number of hydrogen-bond donors (Lipinski definition) is 1. The van der Waals surface area contributed by atoms with Crippen LogP contribution in [0.15, 0.2) is 84.1 Å². The zero-order valence-electron chi connectivity index (χ0n) is 14.4. The van der Waals surface area contributed by atoms with Crippen LogP contribution in [0.3, 0.4) is 0 Å². The highest BCUT2D eigenvalue weighted by molar-refractivity contribution is 7.93. The minimum atomic E-state index is -3.69. The molecule has 2 aromatic heterocycles. The van der Waals surface area contributed by atoms with E-state index in [1.807, 2.05) is 30.3 Å². The lowest BCUT2D eigenvalue weighted by Gasteiger charge is -2.09. The van der Waals surface area contributed by atoms with Crippen molar-refractivity contribution in [2.24, 2.45) is 0 Å². The van der Waals surface area contributed by atoms with Gasteiger partial charge in [-0.2, -0.15) is 0 Å². The van der Waals surface area contributed by atoms with Crippen molar-refractivity contribution in [2.75, 3.05) is 4.72 Å². The molecule has 0 radical (unpaired) electrons. The van der Waals surface area contributed by atoms with Crippen LogP contribution in [0.1, 0.15) is 0 Å². The zero-order valence-corrected chi connectivity index (χ0v) is 16.8. The second-order valence-corrected chi connectivity index (χ2v) is 8.97. The predicted octanol–water partition coefficient (Wildman–Crippen LogP) is 5.33. The molecule has 0 fully saturated rings. The molecule has 5 nitrogen and oxygen atoms in total. The molecule has 2 aromatic carbocycles. The molecule has 4 aromatic rings. The van der Waals surface area contributed by atoms with E-state index in [0.29, 0.717) is 10.2 Å². The fourth-order valence-electron chi connectivity index (χ4n) is 2.72. The highest BCUT2D eigenvalue weighted by atomic mass is 35.5. The van der Waals surface area contributed by atoms with Crippen LogP contribution in [0.4, 0.5) is 5.13 Å². The minimum Gasteiger partial charge on any atom is -0.264 e. The summed E-state index contributed by atoms with van der Waals surface area (Å²) in [6.45, 7) is 0. The van der Waals surface area contributed by atoms with Gasteiger partial charge in [0.05, 0.1) is 9.77 Å². The molecule has 2 heterocycles. The van der Waals surface area contributed by atoms with E-state index in [2.05, 4.69) is 14.7 Å². The molecule has 28 heavy (non-hydrogen) atoms. The first-order valence-corrected chi connectivity index (χ1v) is 11.0. The van der Waals surface area contributed by atoms with Crippen molar-refractivity contribution < 1.29 is 8.42 Å². The van der Waals surface area contributed by atoms with Crippen LogP contribution in [0.2, 0.25) is 5.02 Å². The lowest BCUT2D eigenvalue weighted by molar-refractivity contribution is 0.601. The van der Waals surface area contributed by atoms with E-state index in [0.717, 1.165) is 21.6 Å². The molecule has 0 saturated heterocycles. The summed E-state index contributed by atoms with van der Waals surface area (Å²) in [4.78, 5) is 9.44. The first-order chi connectivity index (χ1) is 13.5. The number of anilines is 1. The van der Waals surface area contributed by atoms with Gasteiger partial charge in [-0.1, -0.05) is 59.3 Å². The van der Waals surface area contributed by atoms with Crippen LogP contribution in [0, 0.1) is 0 Å². The topological polar surface area (TPSA) is 72.0 Å². The lowest BCUT2D eigenvalue weighted by Crippen LogP contribution is -2.12. The van der Waals surface area contributed by atoms with Gasteiger partial charge in [0, 0.05) is 40.3 Å². The molecule has 0 spiro atoms. The normalized spacial score (nSPS) is 11.3. The van der Waals surface area contributed by atoms with E-state index >= 15 is 0 Å². The van der Waals surface area contributed by atoms with Gasteiger partial charge < -0.3 is 0 Å². The Hall–Kier alpha value is -2.74. The van der Waals surface area contributed by atoms with E-state index < -0.39 is 10.0 Å². The molecule has 0 amide bonds. The fraction of sp³-hybridized carbons (Fsp3) is 0. The average Bonchev–Trinajstić information content (AvgIpc) is 3.17. The molecule has 0 bridgehead atoms. The van der Waals surface area contributed by atoms with E-state index in [1.165, 1.54) is 23.5 Å². The summed E-state index contributed by atoms with van der Waals surface area (Å²) in [5.74, 6) is 0. The molecular formula is C20H14ClN3O2S2. The third kappa shape index (κ3) is 3.77. The van der Waals surface area contributed by atoms with Crippen LogP contribution >= 0.6 is 22.9 Å². The Labute approximate surface area is 171 Å². The van der Waals surface area contributed by atoms with Gasteiger partial charge >= 0.3 is 0 Å². The zero-order chi connectivity index (χ0) is 19.6. The van der Waals surface area contributed by atoms with Crippen molar-refractivity contribution in [3.05, 3.63) is 84.3 Å². The molecular weight excluding hydrogens is 414 g/mol.